The van der Waals surface area contributed by atoms with E-state index in [4.69, 9.17) is 16.3 Å². The molecule has 0 aliphatic rings. The van der Waals surface area contributed by atoms with Gasteiger partial charge < -0.3 is 10.1 Å². The molecule has 7 nitrogen and oxygen atoms in total. The Kier molecular flexibility index (Phi) is 8.03. The first-order valence-corrected chi connectivity index (χ1v) is 12.7. The van der Waals surface area contributed by atoms with Crippen molar-refractivity contribution in [1.29, 1.82) is 0 Å². The minimum atomic E-state index is -4.61. The van der Waals surface area contributed by atoms with Crippen LogP contribution in [0, 0.1) is 5.82 Å². The molecule has 0 radical (unpaired) electrons. The molecule has 5 aromatic rings. The molecule has 5 rings (SSSR count). The first kappa shape index (κ1) is 28.5. The number of carbonyl (C=O) groups excluding carboxylic acids is 1. The number of nitrogens with zero attached hydrogens (tertiary/aromatic N) is 3. The van der Waals surface area contributed by atoms with Gasteiger partial charge in [-0.3, -0.25) is 9.59 Å². The zero-order valence-corrected chi connectivity index (χ0v) is 22.2. The highest BCUT2D eigenvalue weighted by Crippen LogP contribution is 2.32. The first-order valence-electron chi connectivity index (χ1n) is 12.3. The Balaban J connectivity index is 1.50. The number of para-hydroxylation sites is 1. The van der Waals surface area contributed by atoms with E-state index in [1.54, 1.807) is 18.2 Å². The molecule has 1 amide bonds. The van der Waals surface area contributed by atoms with Gasteiger partial charge in [-0.05, 0) is 66.7 Å². The molecule has 0 aliphatic carbocycles. The van der Waals surface area contributed by atoms with Gasteiger partial charge in [0.1, 0.15) is 11.6 Å². The zero-order chi connectivity index (χ0) is 29.9. The largest absolute Gasteiger partial charge is 0.483 e. The number of anilines is 1. The van der Waals surface area contributed by atoms with Crippen molar-refractivity contribution < 1.29 is 27.1 Å². The maximum absolute atomic E-state index is 13.4. The lowest BCUT2D eigenvalue weighted by Gasteiger charge is -2.13. The Morgan fingerprint density at radius 1 is 1.00 bits per heavy atom. The third-order valence-corrected chi connectivity index (χ3v) is 6.21. The summed E-state index contributed by atoms with van der Waals surface area (Å²) < 4.78 is 60.0. The van der Waals surface area contributed by atoms with Crippen molar-refractivity contribution in [2.75, 3.05) is 11.9 Å². The molecule has 12 heteroatoms. The van der Waals surface area contributed by atoms with Gasteiger partial charge in [0, 0.05) is 21.8 Å². The molecule has 4 aromatic carbocycles. The van der Waals surface area contributed by atoms with Crippen molar-refractivity contribution in [2.45, 2.75) is 6.18 Å². The number of carbonyl (C=O) groups is 1. The molecule has 0 atom stereocenters. The molecule has 0 unspecified atom stereocenters. The molecule has 1 heterocycles. The SMILES string of the molecule is O=C(COc1ccc(Cl)cc1C=Nn1c(-c2cccc(C(F)(F)F)c2)nc2ccccc2c1=O)Nc1ccc(F)cc1. The molecule has 1 aromatic heterocycles. The summed E-state index contributed by atoms with van der Waals surface area (Å²) in [6.45, 7) is -0.424. The molecule has 0 aliphatic heterocycles. The van der Waals surface area contributed by atoms with Crippen LogP contribution in [0.15, 0.2) is 101 Å². The van der Waals surface area contributed by atoms with E-state index in [0.29, 0.717) is 10.7 Å². The lowest BCUT2D eigenvalue weighted by atomic mass is 10.1. The smallest absolute Gasteiger partial charge is 0.416 e. The number of fused-ring (bicyclic) bond motifs is 1. The molecular formula is C30H19ClF4N4O3. The minimum absolute atomic E-state index is 0.0184. The van der Waals surface area contributed by atoms with Crippen molar-refractivity contribution in [3.8, 4) is 17.1 Å². The van der Waals surface area contributed by atoms with Crippen molar-refractivity contribution in [3.63, 3.8) is 0 Å². The highest BCUT2D eigenvalue weighted by atomic mass is 35.5. The first-order chi connectivity index (χ1) is 20.1. The van der Waals surface area contributed by atoms with Crippen LogP contribution in [0.25, 0.3) is 22.3 Å². The van der Waals surface area contributed by atoms with Gasteiger partial charge in [0.15, 0.2) is 12.4 Å². The fourth-order valence-corrected chi connectivity index (χ4v) is 4.18. The van der Waals surface area contributed by atoms with Crippen molar-refractivity contribution in [3.05, 3.63) is 123 Å². The quantitative estimate of drug-likeness (QED) is 0.166. The second-order valence-electron chi connectivity index (χ2n) is 8.92. The zero-order valence-electron chi connectivity index (χ0n) is 21.4. The third kappa shape index (κ3) is 6.47. The number of hydrogen-bond acceptors (Lipinski definition) is 5. The predicted octanol–water partition coefficient (Wildman–Crippen LogP) is 6.77. The van der Waals surface area contributed by atoms with Gasteiger partial charge in [0.05, 0.1) is 22.7 Å². The van der Waals surface area contributed by atoms with Gasteiger partial charge in [0.2, 0.25) is 0 Å². The molecule has 212 valence electrons. The van der Waals surface area contributed by atoms with E-state index in [0.717, 1.165) is 16.8 Å². The molecule has 42 heavy (non-hydrogen) atoms. The van der Waals surface area contributed by atoms with Crippen LogP contribution in [0.5, 0.6) is 5.75 Å². The maximum atomic E-state index is 13.4. The Morgan fingerprint density at radius 3 is 2.52 bits per heavy atom. The number of halogens is 5. The maximum Gasteiger partial charge on any atom is 0.416 e. The summed E-state index contributed by atoms with van der Waals surface area (Å²) in [5, 5.41) is 7.32. The Hall–Kier alpha value is -5.03. The highest BCUT2D eigenvalue weighted by molar-refractivity contribution is 6.30. The van der Waals surface area contributed by atoms with Gasteiger partial charge in [-0.25, -0.2) is 9.37 Å². The second-order valence-corrected chi connectivity index (χ2v) is 9.35. The van der Waals surface area contributed by atoms with E-state index < -0.39 is 35.6 Å². The lowest BCUT2D eigenvalue weighted by Crippen LogP contribution is -2.21. The summed E-state index contributed by atoms with van der Waals surface area (Å²) in [5.41, 5.74) is -0.597. The molecule has 0 saturated heterocycles. The molecular weight excluding hydrogens is 576 g/mol. The van der Waals surface area contributed by atoms with Gasteiger partial charge in [-0.1, -0.05) is 35.9 Å². The summed E-state index contributed by atoms with van der Waals surface area (Å²) in [6.07, 6.45) is -3.38. The van der Waals surface area contributed by atoms with Gasteiger partial charge in [0.25, 0.3) is 11.5 Å². The van der Waals surface area contributed by atoms with Crippen LogP contribution < -0.4 is 15.6 Å². The lowest BCUT2D eigenvalue weighted by molar-refractivity contribution is -0.137. The van der Waals surface area contributed by atoms with Crippen LogP contribution in [0.4, 0.5) is 23.2 Å². The number of nitrogens with one attached hydrogen (secondary N) is 1. The van der Waals surface area contributed by atoms with Crippen LogP contribution >= 0.6 is 11.6 Å². The fourth-order valence-electron chi connectivity index (χ4n) is 4.00. The van der Waals surface area contributed by atoms with E-state index in [1.807, 2.05) is 0 Å². The number of alkyl halides is 3. The van der Waals surface area contributed by atoms with Crippen molar-refractivity contribution >= 4 is 40.3 Å². The molecule has 0 bridgehead atoms. The van der Waals surface area contributed by atoms with Crippen LogP contribution in [0.1, 0.15) is 11.1 Å². The van der Waals surface area contributed by atoms with E-state index in [1.165, 1.54) is 66.9 Å². The summed E-state index contributed by atoms with van der Waals surface area (Å²) in [4.78, 5) is 30.2. The standard InChI is InChI=1S/C30H19ClF4N4O3/c31-21-8-13-26(42-17-27(40)37-23-11-9-22(32)10-12-23)19(15-21)16-36-39-28(18-4-3-5-20(14-18)30(33,34)35)38-25-7-2-1-6-24(25)29(39)41/h1-16H,17H2,(H,37,40). The molecule has 0 spiro atoms. The topological polar surface area (TPSA) is 85.6 Å². The summed E-state index contributed by atoms with van der Waals surface area (Å²) in [5.74, 6) is -0.920. The highest BCUT2D eigenvalue weighted by Gasteiger charge is 2.31. The summed E-state index contributed by atoms with van der Waals surface area (Å²) >= 11 is 6.16. The third-order valence-electron chi connectivity index (χ3n) is 5.97. The predicted molar refractivity (Wildman–Crippen MR) is 151 cm³/mol. The van der Waals surface area contributed by atoms with Crippen LogP contribution in [-0.4, -0.2) is 28.4 Å². The van der Waals surface area contributed by atoms with Crippen LogP contribution in [0.2, 0.25) is 5.02 Å². The van der Waals surface area contributed by atoms with Crippen LogP contribution in [0.3, 0.4) is 0 Å². The number of ether oxygens (including phenoxy) is 1. The number of aromatic nitrogens is 2. The van der Waals surface area contributed by atoms with E-state index >= 15 is 0 Å². The molecule has 0 saturated carbocycles. The van der Waals surface area contributed by atoms with E-state index in [2.05, 4.69) is 15.4 Å². The average Bonchev–Trinajstić information content (AvgIpc) is 2.97. The molecule has 0 fully saturated rings. The van der Waals surface area contributed by atoms with Gasteiger partial charge in [-0.2, -0.15) is 22.9 Å². The summed E-state index contributed by atoms with van der Waals surface area (Å²) in [7, 11) is 0. The normalized spacial score (nSPS) is 11.6. The Morgan fingerprint density at radius 2 is 1.76 bits per heavy atom. The monoisotopic (exact) mass is 594 g/mol. The van der Waals surface area contributed by atoms with Gasteiger partial charge >= 0.3 is 6.18 Å². The second kappa shape index (κ2) is 11.8. The van der Waals surface area contributed by atoms with Crippen molar-refractivity contribution in [2.24, 2.45) is 5.10 Å². The number of amides is 1. The minimum Gasteiger partial charge on any atom is -0.483 e. The van der Waals surface area contributed by atoms with E-state index in [-0.39, 0.29) is 33.6 Å². The Labute approximate surface area is 240 Å². The number of benzene rings is 4. The number of hydrogen-bond donors (Lipinski definition) is 1. The summed E-state index contributed by atoms with van der Waals surface area (Å²) in [6, 6.07) is 20.5. The fraction of sp³-hybridized carbons (Fsp3) is 0.0667. The molecule has 1 N–H and O–H groups in total. The van der Waals surface area contributed by atoms with Gasteiger partial charge in [-0.15, -0.1) is 0 Å². The van der Waals surface area contributed by atoms with E-state index in [9.17, 15) is 27.2 Å². The Bertz CT molecular complexity index is 1870. The average molecular weight is 595 g/mol. The number of rotatable bonds is 7. The van der Waals surface area contributed by atoms with Crippen molar-refractivity contribution in [1.82, 2.24) is 9.66 Å². The van der Waals surface area contributed by atoms with Crippen LogP contribution in [-0.2, 0) is 11.0 Å².